The lowest BCUT2D eigenvalue weighted by Gasteiger charge is -2.18. The zero-order valence-electron chi connectivity index (χ0n) is 15.7. The van der Waals surface area contributed by atoms with E-state index >= 15 is 0 Å². The fourth-order valence-corrected chi connectivity index (χ4v) is 2.25. The van der Waals surface area contributed by atoms with Crippen molar-refractivity contribution < 1.29 is 9.13 Å². The molecule has 7 heteroatoms. The van der Waals surface area contributed by atoms with Gasteiger partial charge in [-0.05, 0) is 48.9 Å². The van der Waals surface area contributed by atoms with Crippen molar-refractivity contribution in [1.29, 1.82) is 0 Å². The molecule has 2 rings (SSSR count). The Morgan fingerprint density at radius 1 is 1.23 bits per heavy atom. The van der Waals surface area contributed by atoms with Crippen molar-refractivity contribution in [1.82, 2.24) is 15.6 Å². The van der Waals surface area contributed by atoms with E-state index < -0.39 is 0 Å². The topological polar surface area (TPSA) is 61.8 Å². The maximum absolute atomic E-state index is 12.9. The molecule has 0 aliphatic carbocycles. The molecule has 0 bridgehead atoms. The molecule has 2 aromatic rings. The van der Waals surface area contributed by atoms with Gasteiger partial charge in [0.25, 0.3) is 0 Å². The molecule has 6 nitrogen and oxygen atoms in total. The van der Waals surface area contributed by atoms with Crippen molar-refractivity contribution in [3.05, 3.63) is 54.0 Å². The van der Waals surface area contributed by atoms with Gasteiger partial charge in [-0.1, -0.05) is 0 Å². The molecule has 140 valence electrons. The standard InChI is InChI=1S/C19H26FN5O/c1-14(26-17-7-5-16(20)6-8-17)12-23-19(21-2)24-13-15-9-10-22-18(11-15)25(3)4/h5-11,14H,12-13H2,1-4H3,(H2,21,23,24). The smallest absolute Gasteiger partial charge is 0.191 e. The Morgan fingerprint density at radius 2 is 1.96 bits per heavy atom. The molecule has 0 spiro atoms. The van der Waals surface area contributed by atoms with Crippen LogP contribution in [0.4, 0.5) is 10.2 Å². The van der Waals surface area contributed by atoms with E-state index in [9.17, 15) is 4.39 Å². The number of anilines is 1. The van der Waals surface area contributed by atoms with E-state index in [4.69, 9.17) is 4.74 Å². The minimum atomic E-state index is -0.277. The van der Waals surface area contributed by atoms with Crippen LogP contribution in [0.5, 0.6) is 5.75 Å². The first kappa shape index (κ1) is 19.5. The average molecular weight is 359 g/mol. The Labute approximate surface area is 154 Å². The van der Waals surface area contributed by atoms with Crippen LogP contribution >= 0.6 is 0 Å². The van der Waals surface area contributed by atoms with E-state index in [0.717, 1.165) is 11.4 Å². The lowest BCUT2D eigenvalue weighted by Crippen LogP contribution is -2.41. The number of hydrogen-bond donors (Lipinski definition) is 2. The molecule has 0 amide bonds. The molecule has 1 atom stereocenters. The Morgan fingerprint density at radius 3 is 2.62 bits per heavy atom. The first-order chi connectivity index (χ1) is 12.5. The molecule has 2 N–H and O–H groups in total. The number of nitrogens with zero attached hydrogens (tertiary/aromatic N) is 3. The van der Waals surface area contributed by atoms with Gasteiger partial charge >= 0.3 is 0 Å². The third-order valence-electron chi connectivity index (χ3n) is 3.66. The highest BCUT2D eigenvalue weighted by Crippen LogP contribution is 2.12. The fraction of sp³-hybridized carbons (Fsp3) is 0.368. The number of ether oxygens (including phenoxy) is 1. The molecule has 0 fully saturated rings. The number of hydrogen-bond acceptors (Lipinski definition) is 4. The lowest BCUT2D eigenvalue weighted by atomic mass is 10.2. The van der Waals surface area contributed by atoms with Crippen molar-refractivity contribution >= 4 is 11.8 Å². The average Bonchev–Trinajstić information content (AvgIpc) is 2.64. The van der Waals surface area contributed by atoms with Crippen molar-refractivity contribution in [3.63, 3.8) is 0 Å². The molecule has 1 aromatic carbocycles. The number of rotatable bonds is 7. The van der Waals surface area contributed by atoms with E-state index in [1.165, 1.54) is 12.1 Å². The molecular formula is C19H26FN5O. The van der Waals surface area contributed by atoms with Crippen molar-refractivity contribution in [2.75, 3.05) is 32.6 Å². The maximum Gasteiger partial charge on any atom is 0.191 e. The molecule has 0 saturated carbocycles. The second-order valence-electron chi connectivity index (χ2n) is 6.11. The predicted molar refractivity (Wildman–Crippen MR) is 103 cm³/mol. The monoisotopic (exact) mass is 359 g/mol. The largest absolute Gasteiger partial charge is 0.489 e. The Kier molecular flexibility index (Phi) is 7.20. The van der Waals surface area contributed by atoms with E-state index in [2.05, 4.69) is 20.6 Å². The van der Waals surface area contributed by atoms with Crippen LogP contribution < -0.4 is 20.3 Å². The molecule has 0 radical (unpaired) electrons. The molecule has 1 heterocycles. The number of nitrogens with one attached hydrogen (secondary N) is 2. The summed E-state index contributed by atoms with van der Waals surface area (Å²) in [6.45, 7) is 3.14. The third kappa shape index (κ3) is 6.23. The van der Waals surface area contributed by atoms with Gasteiger partial charge in [-0.25, -0.2) is 9.37 Å². The minimum absolute atomic E-state index is 0.0970. The highest BCUT2D eigenvalue weighted by molar-refractivity contribution is 5.79. The minimum Gasteiger partial charge on any atom is -0.489 e. The van der Waals surface area contributed by atoms with Crippen LogP contribution in [0.3, 0.4) is 0 Å². The molecule has 26 heavy (non-hydrogen) atoms. The SMILES string of the molecule is CN=C(NCc1ccnc(N(C)C)c1)NCC(C)Oc1ccc(F)cc1. The summed E-state index contributed by atoms with van der Waals surface area (Å²) in [4.78, 5) is 10.5. The third-order valence-corrected chi connectivity index (χ3v) is 3.66. The summed E-state index contributed by atoms with van der Waals surface area (Å²) in [5.74, 6) is 1.95. The number of aliphatic imine (C=N–C) groups is 1. The van der Waals surface area contributed by atoms with Gasteiger partial charge in [0.1, 0.15) is 23.5 Å². The van der Waals surface area contributed by atoms with Gasteiger partial charge in [0.05, 0.1) is 6.54 Å². The maximum atomic E-state index is 12.9. The fourth-order valence-electron chi connectivity index (χ4n) is 2.25. The van der Waals surface area contributed by atoms with Gasteiger partial charge in [-0.3, -0.25) is 4.99 Å². The van der Waals surface area contributed by atoms with E-state index in [1.807, 2.05) is 38.1 Å². The second-order valence-corrected chi connectivity index (χ2v) is 6.11. The number of halogens is 1. The summed E-state index contributed by atoms with van der Waals surface area (Å²) in [7, 11) is 5.64. The summed E-state index contributed by atoms with van der Waals surface area (Å²) in [5.41, 5.74) is 1.11. The van der Waals surface area contributed by atoms with E-state index in [1.54, 1.807) is 25.4 Å². The van der Waals surface area contributed by atoms with Gasteiger partial charge in [0, 0.05) is 33.9 Å². The summed E-state index contributed by atoms with van der Waals surface area (Å²) in [6, 6.07) is 9.99. The second kappa shape index (κ2) is 9.60. The van der Waals surface area contributed by atoms with E-state index in [0.29, 0.717) is 24.8 Å². The summed E-state index contributed by atoms with van der Waals surface area (Å²) >= 11 is 0. The molecule has 1 unspecified atom stereocenters. The van der Waals surface area contributed by atoms with Crippen LogP contribution in [0, 0.1) is 5.82 Å². The van der Waals surface area contributed by atoms with Gasteiger partial charge in [-0.2, -0.15) is 0 Å². The van der Waals surface area contributed by atoms with Crippen LogP contribution in [-0.2, 0) is 6.54 Å². The summed E-state index contributed by atoms with van der Waals surface area (Å²) in [5, 5.41) is 6.49. The molecule has 0 aliphatic rings. The van der Waals surface area contributed by atoms with E-state index in [-0.39, 0.29) is 11.9 Å². The Bertz CT molecular complexity index is 718. The van der Waals surface area contributed by atoms with Crippen molar-refractivity contribution in [3.8, 4) is 5.75 Å². The molecular weight excluding hydrogens is 333 g/mol. The highest BCUT2D eigenvalue weighted by atomic mass is 19.1. The summed E-state index contributed by atoms with van der Waals surface area (Å²) < 4.78 is 18.7. The predicted octanol–water partition coefficient (Wildman–Crippen LogP) is 2.42. The highest BCUT2D eigenvalue weighted by Gasteiger charge is 2.06. The van der Waals surface area contributed by atoms with Crippen LogP contribution in [-0.4, -0.2) is 44.7 Å². The molecule has 0 saturated heterocycles. The molecule has 0 aliphatic heterocycles. The quantitative estimate of drug-likeness (QED) is 0.587. The normalized spacial score (nSPS) is 12.4. The molecule has 1 aromatic heterocycles. The Hall–Kier alpha value is -2.83. The lowest BCUT2D eigenvalue weighted by molar-refractivity contribution is 0.223. The van der Waals surface area contributed by atoms with Crippen molar-refractivity contribution in [2.24, 2.45) is 4.99 Å². The Balaban J connectivity index is 1.80. The number of aromatic nitrogens is 1. The van der Waals surface area contributed by atoms with Crippen LogP contribution in [0.15, 0.2) is 47.6 Å². The first-order valence-corrected chi connectivity index (χ1v) is 8.47. The number of benzene rings is 1. The number of guanidine groups is 1. The zero-order chi connectivity index (χ0) is 18.9. The first-order valence-electron chi connectivity index (χ1n) is 8.47. The van der Waals surface area contributed by atoms with Crippen LogP contribution in [0.2, 0.25) is 0 Å². The number of pyridine rings is 1. The van der Waals surface area contributed by atoms with Gasteiger partial charge < -0.3 is 20.3 Å². The van der Waals surface area contributed by atoms with Gasteiger partial charge in [0.2, 0.25) is 0 Å². The zero-order valence-corrected chi connectivity index (χ0v) is 15.7. The van der Waals surface area contributed by atoms with Gasteiger partial charge in [0.15, 0.2) is 5.96 Å². The van der Waals surface area contributed by atoms with Crippen LogP contribution in [0.25, 0.3) is 0 Å². The van der Waals surface area contributed by atoms with Crippen LogP contribution in [0.1, 0.15) is 12.5 Å². The summed E-state index contributed by atoms with van der Waals surface area (Å²) in [6.07, 6.45) is 1.70. The van der Waals surface area contributed by atoms with Gasteiger partial charge in [-0.15, -0.1) is 0 Å². The van der Waals surface area contributed by atoms with Crippen molar-refractivity contribution in [2.45, 2.75) is 19.6 Å².